The van der Waals surface area contributed by atoms with Gasteiger partial charge in [-0.1, -0.05) is 18.2 Å². The highest BCUT2D eigenvalue weighted by atomic mass is 79.9. The highest BCUT2D eigenvalue weighted by Crippen LogP contribution is 2.27. The molecule has 0 amide bonds. The molecule has 0 atom stereocenters. The van der Waals surface area contributed by atoms with Gasteiger partial charge in [-0.05, 0) is 52.7 Å². The minimum Gasteiger partial charge on any atom is -0.377 e. The quantitative estimate of drug-likeness (QED) is 0.896. The van der Waals surface area contributed by atoms with E-state index in [0.29, 0.717) is 10.2 Å². The molecule has 0 fully saturated rings. The van der Waals surface area contributed by atoms with E-state index in [2.05, 4.69) is 20.7 Å². The highest BCUT2D eigenvalue weighted by Gasteiger charge is 2.17. The van der Waals surface area contributed by atoms with E-state index in [9.17, 15) is 8.42 Å². The Morgan fingerprint density at radius 3 is 2.38 bits per heavy atom. The third kappa shape index (κ3) is 3.57. The van der Waals surface area contributed by atoms with Crippen LogP contribution in [0.4, 0.5) is 11.4 Å². The molecule has 21 heavy (non-hydrogen) atoms. The summed E-state index contributed by atoms with van der Waals surface area (Å²) in [5, 5.41) is 0. The Bertz CT molecular complexity index is 758. The van der Waals surface area contributed by atoms with Gasteiger partial charge >= 0.3 is 0 Å². The number of anilines is 2. The number of halogens is 1. The number of hydrogen-bond donors (Lipinski definition) is 1. The van der Waals surface area contributed by atoms with Crippen molar-refractivity contribution in [2.75, 3.05) is 23.7 Å². The Morgan fingerprint density at radius 2 is 1.76 bits per heavy atom. The van der Waals surface area contributed by atoms with Crippen molar-refractivity contribution in [3.05, 3.63) is 52.5 Å². The third-order valence-corrected chi connectivity index (χ3v) is 5.46. The Hall–Kier alpha value is -1.53. The van der Waals surface area contributed by atoms with E-state index in [1.54, 1.807) is 30.3 Å². The van der Waals surface area contributed by atoms with Crippen molar-refractivity contribution in [1.82, 2.24) is 0 Å². The zero-order valence-corrected chi connectivity index (χ0v) is 14.5. The predicted octanol–water partition coefficient (Wildman–Crippen LogP) is 3.62. The Kier molecular flexibility index (Phi) is 4.58. The van der Waals surface area contributed by atoms with Crippen molar-refractivity contribution >= 4 is 37.3 Å². The Morgan fingerprint density at radius 1 is 1.10 bits per heavy atom. The molecule has 0 saturated heterocycles. The summed E-state index contributed by atoms with van der Waals surface area (Å²) in [6, 6.07) is 12.2. The van der Waals surface area contributed by atoms with Crippen molar-refractivity contribution in [1.29, 1.82) is 0 Å². The zero-order valence-electron chi connectivity index (χ0n) is 12.1. The van der Waals surface area contributed by atoms with Gasteiger partial charge in [0.2, 0.25) is 0 Å². The van der Waals surface area contributed by atoms with Gasteiger partial charge in [-0.2, -0.15) is 0 Å². The van der Waals surface area contributed by atoms with Crippen LogP contribution in [0.25, 0.3) is 0 Å². The van der Waals surface area contributed by atoms with E-state index in [1.807, 2.05) is 38.1 Å². The van der Waals surface area contributed by atoms with Gasteiger partial charge in [-0.15, -0.1) is 0 Å². The first-order valence-electron chi connectivity index (χ1n) is 6.36. The molecule has 0 radical (unpaired) electrons. The molecule has 0 heterocycles. The molecule has 2 aromatic rings. The molecule has 2 rings (SSSR count). The third-order valence-electron chi connectivity index (χ3n) is 3.07. The Balaban J connectivity index is 2.38. The van der Waals surface area contributed by atoms with E-state index in [4.69, 9.17) is 0 Å². The number of sulfonamides is 1. The normalized spacial score (nSPS) is 11.2. The SMILES string of the molecule is Cc1ccc(NS(=O)(=O)c2ccccc2Br)cc1N(C)C. The molecular weight excluding hydrogens is 352 g/mol. The van der Waals surface area contributed by atoms with Crippen molar-refractivity contribution in [2.45, 2.75) is 11.8 Å². The molecule has 0 aliphatic carbocycles. The molecule has 0 aliphatic heterocycles. The fourth-order valence-corrected chi connectivity index (χ4v) is 4.08. The summed E-state index contributed by atoms with van der Waals surface area (Å²) in [5.74, 6) is 0. The maximum absolute atomic E-state index is 12.4. The van der Waals surface area contributed by atoms with Crippen LogP contribution in [0, 0.1) is 6.92 Å². The first-order valence-corrected chi connectivity index (χ1v) is 8.64. The lowest BCUT2D eigenvalue weighted by Crippen LogP contribution is -2.15. The average Bonchev–Trinajstić information content (AvgIpc) is 2.40. The molecule has 4 nitrogen and oxygen atoms in total. The minimum absolute atomic E-state index is 0.219. The molecule has 0 saturated carbocycles. The van der Waals surface area contributed by atoms with Gasteiger partial charge in [-0.25, -0.2) is 8.42 Å². The van der Waals surface area contributed by atoms with E-state index in [0.717, 1.165) is 11.3 Å². The van der Waals surface area contributed by atoms with Gasteiger partial charge in [0.15, 0.2) is 0 Å². The number of rotatable bonds is 4. The zero-order chi connectivity index (χ0) is 15.6. The van der Waals surface area contributed by atoms with Gasteiger partial charge in [0, 0.05) is 24.3 Å². The molecule has 0 bridgehead atoms. The smallest absolute Gasteiger partial charge is 0.263 e. The summed E-state index contributed by atoms with van der Waals surface area (Å²) >= 11 is 3.27. The van der Waals surface area contributed by atoms with Gasteiger partial charge in [0.25, 0.3) is 10.0 Å². The molecule has 112 valence electrons. The van der Waals surface area contributed by atoms with Crippen LogP contribution in [0.1, 0.15) is 5.56 Å². The Labute approximate surface area is 134 Å². The summed E-state index contributed by atoms with van der Waals surface area (Å²) in [6.45, 7) is 1.99. The number of hydrogen-bond acceptors (Lipinski definition) is 3. The molecule has 2 aromatic carbocycles. The maximum Gasteiger partial charge on any atom is 0.263 e. The number of nitrogens with zero attached hydrogens (tertiary/aromatic N) is 1. The lowest BCUT2D eigenvalue weighted by Gasteiger charge is -2.17. The van der Waals surface area contributed by atoms with Crippen LogP contribution < -0.4 is 9.62 Å². The summed E-state index contributed by atoms with van der Waals surface area (Å²) in [6.07, 6.45) is 0. The lowest BCUT2D eigenvalue weighted by molar-refractivity contribution is 0.601. The molecular formula is C15H17BrN2O2S. The van der Waals surface area contributed by atoms with E-state index >= 15 is 0 Å². The molecule has 0 unspecified atom stereocenters. The molecule has 0 aromatic heterocycles. The molecule has 1 N–H and O–H groups in total. The standard InChI is InChI=1S/C15H17BrN2O2S/c1-11-8-9-12(10-14(11)18(2)3)17-21(19,20)15-7-5-4-6-13(15)16/h4-10,17H,1-3H3. The van der Waals surface area contributed by atoms with E-state index in [1.165, 1.54) is 0 Å². The first kappa shape index (κ1) is 15.9. The molecule has 0 aliphatic rings. The van der Waals surface area contributed by atoms with E-state index < -0.39 is 10.0 Å². The fraction of sp³-hybridized carbons (Fsp3) is 0.200. The van der Waals surface area contributed by atoms with Gasteiger partial charge in [0.1, 0.15) is 4.90 Å². The second-order valence-electron chi connectivity index (χ2n) is 4.93. The highest BCUT2D eigenvalue weighted by molar-refractivity contribution is 9.10. The largest absolute Gasteiger partial charge is 0.377 e. The van der Waals surface area contributed by atoms with E-state index in [-0.39, 0.29) is 4.90 Å². The van der Waals surface area contributed by atoms with Gasteiger partial charge < -0.3 is 4.90 Å². The van der Waals surface area contributed by atoms with Crippen molar-refractivity contribution in [3.63, 3.8) is 0 Å². The summed E-state index contributed by atoms with van der Waals surface area (Å²) < 4.78 is 28.0. The van der Waals surface area contributed by atoms with Crippen LogP contribution in [0.15, 0.2) is 51.8 Å². The van der Waals surface area contributed by atoms with Crippen molar-refractivity contribution in [2.24, 2.45) is 0 Å². The molecule has 0 spiro atoms. The lowest BCUT2D eigenvalue weighted by atomic mass is 10.2. The second-order valence-corrected chi connectivity index (χ2v) is 7.44. The molecule has 6 heteroatoms. The summed E-state index contributed by atoms with van der Waals surface area (Å²) in [7, 11) is 0.235. The first-order chi connectivity index (χ1) is 9.81. The van der Waals surface area contributed by atoms with Crippen molar-refractivity contribution < 1.29 is 8.42 Å². The number of aryl methyl sites for hydroxylation is 1. The van der Waals surface area contributed by atoms with Gasteiger partial charge in [0.05, 0.1) is 5.69 Å². The monoisotopic (exact) mass is 368 g/mol. The van der Waals surface area contributed by atoms with Crippen molar-refractivity contribution in [3.8, 4) is 0 Å². The van der Waals surface area contributed by atoms with Crippen LogP contribution in [-0.4, -0.2) is 22.5 Å². The summed E-state index contributed by atoms with van der Waals surface area (Å²) in [4.78, 5) is 2.17. The van der Waals surface area contributed by atoms with Crippen LogP contribution in [0.5, 0.6) is 0 Å². The van der Waals surface area contributed by atoms with Gasteiger partial charge in [-0.3, -0.25) is 4.72 Å². The number of benzene rings is 2. The average molecular weight is 369 g/mol. The maximum atomic E-state index is 12.4. The topological polar surface area (TPSA) is 49.4 Å². The number of nitrogens with one attached hydrogen (secondary N) is 1. The summed E-state index contributed by atoms with van der Waals surface area (Å²) in [5.41, 5.74) is 2.60. The fourth-order valence-electron chi connectivity index (χ4n) is 2.03. The van der Waals surface area contributed by atoms with Crippen LogP contribution in [-0.2, 0) is 10.0 Å². The van der Waals surface area contributed by atoms with Crippen LogP contribution in [0.2, 0.25) is 0 Å². The van der Waals surface area contributed by atoms with Crippen LogP contribution in [0.3, 0.4) is 0 Å². The minimum atomic E-state index is -3.61. The van der Waals surface area contributed by atoms with Crippen LogP contribution >= 0.6 is 15.9 Å². The predicted molar refractivity (Wildman–Crippen MR) is 90.5 cm³/mol. The second kappa shape index (κ2) is 6.07.